The van der Waals surface area contributed by atoms with Gasteiger partial charge in [0.15, 0.2) is 23.2 Å². The standard InChI is InChI=1S/C28H38N7O5P/c1-7-21-23(40-41(38-15-11-14-29)35(18(2)3)19(4)5)24(37-6)28(39-21)34-17-32-22-25(30-16-31-26(22)34)33-27(36)20-12-9-8-10-13-20/h8-10,12-13,16-19,21,23-24,28H,7,11,15H2,1-6H3,(H,30,31,33,36)/t21-,23-,24-,28-,41?/m1/s1. The van der Waals surface area contributed by atoms with Crippen LogP contribution in [0.25, 0.3) is 11.2 Å². The first-order valence-corrected chi connectivity index (χ1v) is 14.9. The number of ether oxygens (including phenoxy) is 2. The van der Waals surface area contributed by atoms with E-state index >= 15 is 0 Å². The summed E-state index contributed by atoms with van der Waals surface area (Å²) in [5, 5.41) is 11.9. The molecule has 1 amide bonds. The summed E-state index contributed by atoms with van der Waals surface area (Å²) < 4.78 is 29.3. The van der Waals surface area contributed by atoms with Crippen LogP contribution in [-0.4, -0.2) is 74.2 Å². The van der Waals surface area contributed by atoms with Crippen molar-refractivity contribution in [1.82, 2.24) is 24.2 Å². The van der Waals surface area contributed by atoms with Gasteiger partial charge in [0, 0.05) is 24.8 Å². The van der Waals surface area contributed by atoms with Crippen molar-refractivity contribution >= 4 is 31.4 Å². The van der Waals surface area contributed by atoms with Gasteiger partial charge in [-0.25, -0.2) is 19.6 Å². The Morgan fingerprint density at radius 1 is 1.17 bits per heavy atom. The molecule has 1 fully saturated rings. The lowest BCUT2D eigenvalue weighted by Gasteiger charge is -2.38. The molecule has 0 bridgehead atoms. The minimum atomic E-state index is -1.51. The van der Waals surface area contributed by atoms with Crippen LogP contribution in [0.5, 0.6) is 0 Å². The first kappa shape index (κ1) is 30.9. The second-order valence-electron chi connectivity index (χ2n) is 10.2. The topological polar surface area (TPSA) is 137 Å². The lowest BCUT2D eigenvalue weighted by Crippen LogP contribution is -2.39. The number of rotatable bonds is 13. The van der Waals surface area contributed by atoms with Gasteiger partial charge in [0.1, 0.15) is 18.5 Å². The lowest BCUT2D eigenvalue weighted by molar-refractivity contribution is -0.0494. The monoisotopic (exact) mass is 583 g/mol. The van der Waals surface area contributed by atoms with Crippen molar-refractivity contribution in [3.63, 3.8) is 0 Å². The molecule has 220 valence electrons. The maximum atomic E-state index is 12.8. The van der Waals surface area contributed by atoms with Gasteiger partial charge >= 0.3 is 0 Å². The summed E-state index contributed by atoms with van der Waals surface area (Å²) in [7, 11) is 0.107. The third-order valence-electron chi connectivity index (χ3n) is 6.74. The van der Waals surface area contributed by atoms with Crippen LogP contribution >= 0.6 is 8.53 Å². The number of imidazole rings is 1. The van der Waals surface area contributed by atoms with E-state index in [1.807, 2.05) is 13.0 Å². The highest BCUT2D eigenvalue weighted by Crippen LogP contribution is 2.51. The molecule has 0 spiro atoms. The SMILES string of the molecule is CC[C@H]1O[C@@H](n2cnc3c(NC(=O)c4ccccc4)ncnc32)[C@H](OC)[C@@H]1OP(OCCC#N)N(C(C)C)C(C)C. The molecule has 1 saturated heterocycles. The smallest absolute Gasteiger partial charge is 0.259 e. The number of hydrogen-bond acceptors (Lipinski definition) is 10. The van der Waals surface area contributed by atoms with E-state index < -0.39 is 27.0 Å². The number of benzene rings is 1. The number of aromatic nitrogens is 4. The van der Waals surface area contributed by atoms with Gasteiger partial charge in [-0.05, 0) is 46.2 Å². The van der Waals surface area contributed by atoms with Gasteiger partial charge in [0.25, 0.3) is 14.4 Å². The summed E-state index contributed by atoms with van der Waals surface area (Å²) in [4.78, 5) is 26.0. The van der Waals surface area contributed by atoms with Gasteiger partial charge < -0.3 is 23.8 Å². The molecule has 3 aromatic rings. The summed E-state index contributed by atoms with van der Waals surface area (Å²) in [6, 6.07) is 11.3. The Bertz CT molecular complexity index is 1320. The fourth-order valence-electron chi connectivity index (χ4n) is 4.94. The Kier molecular flexibility index (Phi) is 10.7. The van der Waals surface area contributed by atoms with Crippen LogP contribution in [-0.2, 0) is 18.5 Å². The molecule has 4 rings (SSSR count). The van der Waals surface area contributed by atoms with Crippen molar-refractivity contribution in [2.45, 2.75) is 84.1 Å². The van der Waals surface area contributed by atoms with Crippen molar-refractivity contribution < 1.29 is 23.3 Å². The van der Waals surface area contributed by atoms with Crippen LogP contribution in [0.3, 0.4) is 0 Å². The molecule has 0 saturated carbocycles. The first-order chi connectivity index (χ1) is 19.8. The van der Waals surface area contributed by atoms with E-state index in [4.69, 9.17) is 23.8 Å². The molecule has 12 nitrogen and oxygen atoms in total. The number of fused-ring (bicyclic) bond motifs is 1. The predicted octanol–water partition coefficient (Wildman–Crippen LogP) is 5.06. The number of methoxy groups -OCH3 is 1. The zero-order chi connectivity index (χ0) is 29.5. The molecule has 41 heavy (non-hydrogen) atoms. The molecule has 3 heterocycles. The fraction of sp³-hybridized carbons (Fsp3) is 0.536. The van der Waals surface area contributed by atoms with E-state index in [9.17, 15) is 4.79 Å². The normalized spacial score (nSPS) is 21.6. The minimum absolute atomic E-state index is 0.154. The molecule has 1 aromatic carbocycles. The van der Waals surface area contributed by atoms with Crippen LogP contribution in [0, 0.1) is 11.3 Å². The number of hydrogen-bond donors (Lipinski definition) is 1. The summed E-state index contributed by atoms with van der Waals surface area (Å²) >= 11 is 0. The van der Waals surface area contributed by atoms with Crippen LogP contribution in [0.15, 0.2) is 43.0 Å². The van der Waals surface area contributed by atoms with E-state index in [2.05, 4.69) is 58.7 Å². The van der Waals surface area contributed by atoms with Crippen LogP contribution in [0.2, 0.25) is 0 Å². The summed E-state index contributed by atoms with van der Waals surface area (Å²) in [5.74, 6) is 0.00416. The number of nitrogens with one attached hydrogen (secondary N) is 1. The van der Waals surface area contributed by atoms with Crippen molar-refractivity contribution in [2.24, 2.45) is 0 Å². The summed E-state index contributed by atoms with van der Waals surface area (Å²) in [5.41, 5.74) is 1.43. The van der Waals surface area contributed by atoms with Gasteiger partial charge in [-0.3, -0.25) is 9.36 Å². The van der Waals surface area contributed by atoms with Gasteiger partial charge in [-0.1, -0.05) is 25.1 Å². The van der Waals surface area contributed by atoms with Gasteiger partial charge in [-0.15, -0.1) is 0 Å². The molecular weight excluding hydrogens is 545 g/mol. The van der Waals surface area contributed by atoms with E-state index in [1.165, 1.54) is 6.33 Å². The van der Waals surface area contributed by atoms with Gasteiger partial charge in [0.2, 0.25) is 0 Å². The fourth-order valence-corrected chi connectivity index (χ4v) is 6.70. The molecule has 13 heteroatoms. The highest BCUT2D eigenvalue weighted by molar-refractivity contribution is 7.44. The van der Waals surface area contributed by atoms with Crippen LogP contribution in [0.1, 0.15) is 64.0 Å². The molecule has 1 aliphatic heterocycles. The molecule has 2 aromatic heterocycles. The Morgan fingerprint density at radius 3 is 2.54 bits per heavy atom. The molecule has 0 radical (unpaired) electrons. The van der Waals surface area contributed by atoms with E-state index in [-0.39, 0.29) is 37.1 Å². The highest BCUT2D eigenvalue weighted by Gasteiger charge is 2.49. The maximum absolute atomic E-state index is 12.8. The number of carbonyl (C=O) groups is 1. The molecule has 1 aliphatic rings. The molecule has 1 unspecified atom stereocenters. The molecule has 5 atom stereocenters. The zero-order valence-corrected chi connectivity index (χ0v) is 25.2. The van der Waals surface area contributed by atoms with Gasteiger partial charge in [-0.2, -0.15) is 5.26 Å². The number of nitriles is 1. The quantitative estimate of drug-likeness (QED) is 0.215. The molecular formula is C28H38N7O5P. The van der Waals surface area contributed by atoms with Crippen LogP contribution < -0.4 is 5.32 Å². The highest BCUT2D eigenvalue weighted by atomic mass is 31.2. The predicted molar refractivity (Wildman–Crippen MR) is 155 cm³/mol. The average molecular weight is 584 g/mol. The first-order valence-electron chi connectivity index (χ1n) is 13.8. The Morgan fingerprint density at radius 2 is 1.90 bits per heavy atom. The molecule has 1 N–H and O–H groups in total. The Hall–Kier alpha value is -3.04. The second kappa shape index (κ2) is 14.2. The lowest BCUT2D eigenvalue weighted by atomic mass is 10.1. The minimum Gasteiger partial charge on any atom is -0.374 e. The van der Waals surface area contributed by atoms with E-state index in [0.29, 0.717) is 29.0 Å². The summed E-state index contributed by atoms with van der Waals surface area (Å²) in [6.07, 6.45) is 2.07. The third-order valence-corrected chi connectivity index (χ3v) is 8.86. The van der Waals surface area contributed by atoms with Crippen molar-refractivity contribution in [3.05, 3.63) is 48.5 Å². The third kappa shape index (κ3) is 6.89. The van der Waals surface area contributed by atoms with E-state index in [0.717, 1.165) is 0 Å². The average Bonchev–Trinajstić information content (AvgIpc) is 3.54. The van der Waals surface area contributed by atoms with Crippen LogP contribution in [0.4, 0.5) is 5.82 Å². The second-order valence-corrected chi connectivity index (χ2v) is 11.6. The number of nitrogens with zero attached hydrogens (tertiary/aromatic N) is 6. The number of carbonyl (C=O) groups excluding carboxylic acids is 1. The zero-order valence-electron chi connectivity index (χ0n) is 24.3. The maximum Gasteiger partial charge on any atom is 0.259 e. The number of amides is 1. The Balaban J connectivity index is 1.62. The van der Waals surface area contributed by atoms with Crippen molar-refractivity contribution in [1.29, 1.82) is 5.26 Å². The Labute approximate surface area is 241 Å². The van der Waals surface area contributed by atoms with Crippen molar-refractivity contribution in [2.75, 3.05) is 19.0 Å². The summed E-state index contributed by atoms with van der Waals surface area (Å²) in [6.45, 7) is 10.7. The largest absolute Gasteiger partial charge is 0.374 e. The van der Waals surface area contributed by atoms with Gasteiger partial charge in [0.05, 0.1) is 31.5 Å². The molecule has 0 aliphatic carbocycles. The number of anilines is 1. The van der Waals surface area contributed by atoms with Crippen molar-refractivity contribution in [3.8, 4) is 6.07 Å². The van der Waals surface area contributed by atoms with E-state index in [1.54, 1.807) is 42.3 Å².